The van der Waals surface area contributed by atoms with Crippen molar-refractivity contribution in [2.75, 3.05) is 6.54 Å². The van der Waals surface area contributed by atoms with Gasteiger partial charge >= 0.3 is 0 Å². The molecule has 0 amide bonds. The Morgan fingerprint density at radius 1 is 1.19 bits per heavy atom. The maximum Gasteiger partial charge on any atom is 0.141 e. The van der Waals surface area contributed by atoms with Gasteiger partial charge in [0.15, 0.2) is 0 Å². The number of hydrogen-bond acceptors (Lipinski definition) is 3. The lowest BCUT2D eigenvalue weighted by atomic mass is 10.1. The van der Waals surface area contributed by atoms with Crippen molar-refractivity contribution in [2.45, 2.75) is 23.0 Å². The minimum absolute atomic E-state index is 0.128. The second kappa shape index (κ2) is 8.41. The number of nitrogens with one attached hydrogen (secondary N) is 1. The van der Waals surface area contributed by atoms with Crippen molar-refractivity contribution < 1.29 is 9.50 Å². The minimum Gasteiger partial charge on any atom is -0.391 e. The summed E-state index contributed by atoms with van der Waals surface area (Å²) in [4.78, 5) is 3.79. The Hall–Kier alpha value is -1.05. The zero-order valence-electron chi connectivity index (χ0n) is 11.5. The molecule has 112 valence electrons. The van der Waals surface area contributed by atoms with Crippen LogP contribution in [0.3, 0.4) is 0 Å². The Labute approximate surface area is 137 Å². The average molecular weight is 400 g/mol. The molecule has 2 N–H and O–H groups in total. The first-order valence-electron chi connectivity index (χ1n) is 6.81. The van der Waals surface area contributed by atoms with Crippen LogP contribution in [0.2, 0.25) is 0 Å². The zero-order valence-corrected chi connectivity index (χ0v) is 13.7. The van der Waals surface area contributed by atoms with Gasteiger partial charge in [0.05, 0.1) is 12.3 Å². The molecule has 0 saturated heterocycles. The van der Waals surface area contributed by atoms with E-state index in [1.165, 1.54) is 17.8 Å². The first-order chi connectivity index (χ1) is 10.1. The van der Waals surface area contributed by atoms with Crippen molar-refractivity contribution in [3.05, 3.63) is 65.7 Å². The maximum atomic E-state index is 13.0. The molecule has 1 aromatic heterocycles. The summed E-state index contributed by atoms with van der Waals surface area (Å²) in [5.41, 5.74) is 1.99. The molecule has 0 radical (unpaired) electrons. The molecule has 0 aliphatic heterocycles. The minimum atomic E-state index is -0.452. The van der Waals surface area contributed by atoms with Crippen LogP contribution >= 0.6 is 22.6 Å². The lowest BCUT2D eigenvalue weighted by molar-refractivity contribution is 0.172. The van der Waals surface area contributed by atoms with Gasteiger partial charge in [-0.15, -0.1) is 0 Å². The number of rotatable bonds is 7. The Balaban J connectivity index is 1.75. The lowest BCUT2D eigenvalue weighted by Crippen LogP contribution is -2.34. The highest BCUT2D eigenvalue weighted by Crippen LogP contribution is 2.14. The summed E-state index contributed by atoms with van der Waals surface area (Å²) in [6.45, 7) is 0.966. The van der Waals surface area contributed by atoms with Gasteiger partial charge in [-0.25, -0.2) is 4.39 Å². The summed E-state index contributed by atoms with van der Waals surface area (Å²) in [7, 11) is 0. The van der Waals surface area contributed by atoms with Gasteiger partial charge in [0.1, 0.15) is 5.82 Å². The zero-order chi connectivity index (χ0) is 15.1. The molecule has 2 aromatic rings. The smallest absolute Gasteiger partial charge is 0.141 e. The van der Waals surface area contributed by atoms with Gasteiger partial charge in [-0.3, -0.25) is 4.98 Å². The van der Waals surface area contributed by atoms with Gasteiger partial charge in [-0.1, -0.05) is 52.9 Å². The summed E-state index contributed by atoms with van der Waals surface area (Å²) in [6.07, 6.45) is 3.17. The molecule has 0 fully saturated rings. The maximum absolute atomic E-state index is 13.0. The van der Waals surface area contributed by atoms with Gasteiger partial charge in [-0.05, 0) is 23.6 Å². The van der Waals surface area contributed by atoms with Crippen LogP contribution < -0.4 is 5.32 Å². The van der Waals surface area contributed by atoms with E-state index in [1.54, 1.807) is 6.20 Å². The molecule has 1 aromatic carbocycles. The number of halogens is 2. The van der Waals surface area contributed by atoms with Crippen molar-refractivity contribution in [1.29, 1.82) is 0 Å². The van der Waals surface area contributed by atoms with E-state index in [-0.39, 0.29) is 9.74 Å². The highest BCUT2D eigenvalue weighted by atomic mass is 127. The highest BCUT2D eigenvalue weighted by Gasteiger charge is 2.15. The predicted molar refractivity (Wildman–Crippen MR) is 89.9 cm³/mol. The van der Waals surface area contributed by atoms with Crippen molar-refractivity contribution >= 4 is 22.6 Å². The van der Waals surface area contributed by atoms with Crippen LogP contribution in [0, 0.1) is 5.82 Å². The standard InChI is InChI=1S/C16H18FIN2O/c17-14-6-13(8-19-10-14)9-20-11-16(21)15(18)7-12-4-2-1-3-5-12/h1-6,8,10,15-16,20-21H,7,9,11H2/t15-,16+/m0/s1. The Morgan fingerprint density at radius 3 is 2.67 bits per heavy atom. The van der Waals surface area contributed by atoms with Crippen molar-refractivity contribution in [1.82, 2.24) is 10.3 Å². The van der Waals surface area contributed by atoms with E-state index in [2.05, 4.69) is 45.0 Å². The normalized spacial score (nSPS) is 13.9. The molecule has 5 heteroatoms. The quantitative estimate of drug-likeness (QED) is 0.555. The summed E-state index contributed by atoms with van der Waals surface area (Å²) < 4.78 is 13.1. The van der Waals surface area contributed by atoms with Crippen LogP contribution in [0.5, 0.6) is 0 Å². The van der Waals surface area contributed by atoms with Crippen LogP contribution in [0.15, 0.2) is 48.8 Å². The number of nitrogens with zero attached hydrogens (tertiary/aromatic N) is 1. The summed E-state index contributed by atoms with van der Waals surface area (Å²) in [6, 6.07) is 11.5. The third-order valence-electron chi connectivity index (χ3n) is 3.14. The molecule has 2 rings (SSSR count). The average Bonchev–Trinajstić information content (AvgIpc) is 2.48. The number of aliphatic hydroxyl groups excluding tert-OH is 1. The number of alkyl halides is 1. The fraction of sp³-hybridized carbons (Fsp3) is 0.312. The number of aliphatic hydroxyl groups is 1. The molecular weight excluding hydrogens is 382 g/mol. The second-order valence-electron chi connectivity index (χ2n) is 4.92. The van der Waals surface area contributed by atoms with E-state index < -0.39 is 6.10 Å². The van der Waals surface area contributed by atoms with E-state index in [0.717, 1.165) is 12.0 Å². The molecule has 0 spiro atoms. The number of benzene rings is 1. The van der Waals surface area contributed by atoms with E-state index >= 15 is 0 Å². The molecule has 0 aliphatic carbocycles. The third-order valence-corrected chi connectivity index (χ3v) is 4.41. The van der Waals surface area contributed by atoms with Gasteiger partial charge in [-0.2, -0.15) is 0 Å². The molecule has 0 unspecified atom stereocenters. The van der Waals surface area contributed by atoms with Crippen LogP contribution in [-0.2, 0) is 13.0 Å². The first kappa shape index (κ1) is 16.3. The third kappa shape index (κ3) is 5.68. The van der Waals surface area contributed by atoms with Crippen LogP contribution in [0.25, 0.3) is 0 Å². The summed E-state index contributed by atoms with van der Waals surface area (Å²) in [5.74, 6) is -0.342. The number of aromatic nitrogens is 1. The highest BCUT2D eigenvalue weighted by molar-refractivity contribution is 14.1. The number of pyridine rings is 1. The molecule has 0 saturated carbocycles. The Bertz CT molecular complexity index is 553. The van der Waals surface area contributed by atoms with E-state index in [0.29, 0.717) is 13.1 Å². The Morgan fingerprint density at radius 2 is 1.95 bits per heavy atom. The molecule has 1 heterocycles. The number of hydrogen-bond donors (Lipinski definition) is 2. The SMILES string of the molecule is O[C@H](CNCc1cncc(F)c1)[C@@H](I)Cc1ccccc1. The monoisotopic (exact) mass is 400 g/mol. The fourth-order valence-electron chi connectivity index (χ4n) is 2.02. The predicted octanol–water partition coefficient (Wildman–Crippen LogP) is 2.72. The van der Waals surface area contributed by atoms with Crippen LogP contribution in [0.1, 0.15) is 11.1 Å². The van der Waals surface area contributed by atoms with E-state index in [1.807, 2.05) is 18.2 Å². The first-order valence-corrected chi connectivity index (χ1v) is 8.06. The fourth-order valence-corrected chi connectivity index (χ4v) is 2.78. The van der Waals surface area contributed by atoms with Crippen molar-refractivity contribution in [3.63, 3.8) is 0 Å². The molecule has 2 atom stereocenters. The Kier molecular flexibility index (Phi) is 6.53. The van der Waals surface area contributed by atoms with Crippen molar-refractivity contribution in [3.8, 4) is 0 Å². The van der Waals surface area contributed by atoms with E-state index in [4.69, 9.17) is 0 Å². The van der Waals surface area contributed by atoms with Crippen LogP contribution in [-0.4, -0.2) is 26.7 Å². The van der Waals surface area contributed by atoms with Crippen LogP contribution in [0.4, 0.5) is 4.39 Å². The summed E-state index contributed by atoms with van der Waals surface area (Å²) in [5, 5.41) is 13.3. The van der Waals surface area contributed by atoms with Gasteiger partial charge in [0, 0.05) is 23.2 Å². The van der Waals surface area contributed by atoms with Gasteiger partial charge < -0.3 is 10.4 Å². The molecule has 21 heavy (non-hydrogen) atoms. The van der Waals surface area contributed by atoms with Crippen molar-refractivity contribution in [2.24, 2.45) is 0 Å². The van der Waals surface area contributed by atoms with Gasteiger partial charge in [0.2, 0.25) is 0 Å². The molecule has 3 nitrogen and oxygen atoms in total. The van der Waals surface area contributed by atoms with E-state index in [9.17, 15) is 9.50 Å². The largest absolute Gasteiger partial charge is 0.391 e. The lowest BCUT2D eigenvalue weighted by Gasteiger charge is -2.18. The molecule has 0 bridgehead atoms. The summed E-state index contributed by atoms with van der Waals surface area (Å²) >= 11 is 2.27. The topological polar surface area (TPSA) is 45.1 Å². The second-order valence-corrected chi connectivity index (χ2v) is 6.52. The molecule has 0 aliphatic rings. The molecular formula is C16H18FIN2O. The van der Waals surface area contributed by atoms with Gasteiger partial charge in [0.25, 0.3) is 0 Å².